The molecule has 12 heterocycles. The number of rotatable bonds is 12. The number of nitrogens with zero attached hydrogens (tertiary/aromatic N) is 19. The summed E-state index contributed by atoms with van der Waals surface area (Å²) < 4.78 is 97.3. The summed E-state index contributed by atoms with van der Waals surface area (Å²) in [5, 5.41) is 14.8. The highest BCUT2D eigenvalue weighted by Gasteiger charge is 2.36. The van der Waals surface area contributed by atoms with Crippen LogP contribution in [0.25, 0.3) is 66.1 Å². The van der Waals surface area contributed by atoms with E-state index in [2.05, 4.69) is 55.1 Å². The number of anilines is 3. The Hall–Kier alpha value is -12.0. The van der Waals surface area contributed by atoms with Gasteiger partial charge in [0.2, 0.25) is 17.7 Å². The van der Waals surface area contributed by atoms with E-state index in [0.717, 1.165) is 65.7 Å². The van der Waals surface area contributed by atoms with E-state index in [9.17, 15) is 41.9 Å². The molecule has 12 aromatic rings. The minimum atomic E-state index is -0.669. The number of carbonyl (C=O) groups excluding carboxylic acids is 3. The smallest absolute Gasteiger partial charge is 0.350 e. The highest BCUT2D eigenvalue weighted by atomic mass is 32.2. The van der Waals surface area contributed by atoms with Crippen molar-refractivity contribution in [1.82, 2.24) is 77.7 Å². The van der Waals surface area contributed by atoms with E-state index in [1.165, 1.54) is 78.2 Å². The number of carbonyl (C=O) groups is 3. The largest absolute Gasteiger partial charge is 0.352 e. The first kappa shape index (κ1) is 78.8. The first-order valence-electron chi connectivity index (χ1n) is 37.9. The van der Waals surface area contributed by atoms with Crippen LogP contribution in [0, 0.1) is 55.7 Å². The SMILES string of the molecule is C=CC(=O)N1CCN(c2nc(=O)n3c4c(c(-c5ccc(F)cc5F)c(C)cc24)SCC(n2cccn2)C3)CC1.C=CC(=O)N1CCN(c2nc(=O)n3c4c(c(-c5ccc(F)cc5F)c(C)cc24)SCC(n2ccnc2)C3)CC1.C=CC(=O)N1CCN(c2nc(=O)n3c4c(c(-c5ccc(F)cc5F)c(C)cc24)SCC(n2ccnn2)C3)CC1. The van der Waals surface area contributed by atoms with Gasteiger partial charge in [0.25, 0.3) is 0 Å². The maximum atomic E-state index is 15.1. The summed E-state index contributed by atoms with van der Waals surface area (Å²) in [6.45, 7) is 23.4. The summed E-state index contributed by atoms with van der Waals surface area (Å²) in [7, 11) is 0. The van der Waals surface area contributed by atoms with Crippen LogP contribution in [0.5, 0.6) is 0 Å². The molecule has 3 fully saturated rings. The summed E-state index contributed by atoms with van der Waals surface area (Å²) in [6, 6.07) is 17.9. The van der Waals surface area contributed by atoms with Gasteiger partial charge in [0.15, 0.2) is 0 Å². The monoisotopic (exact) mass is 1650 g/mol. The molecule has 3 amide bonds. The van der Waals surface area contributed by atoms with Gasteiger partial charge in [-0.25, -0.2) is 50.4 Å². The van der Waals surface area contributed by atoms with Crippen molar-refractivity contribution in [3.05, 3.63) is 243 Å². The number of hydrogen-bond donors (Lipinski definition) is 0. The number of hydrogen-bond acceptors (Lipinski definition) is 19. The summed E-state index contributed by atoms with van der Waals surface area (Å²) in [4.78, 5) is 108. The summed E-state index contributed by atoms with van der Waals surface area (Å²) in [5.41, 5.74) is 5.90. The molecule has 0 radical (unpaired) electrons. The Labute approximate surface area is 678 Å². The standard InChI is InChI=1S/2C28H26F2N6O2S.C27H25F2N7O2S/c1-3-23(37)33-9-11-34(12-10-33)27-21-13-17(2)24(20-6-5-18(29)14-22(20)30)26-25(21)35(28(38)32-27)15-19(16-39-26)36-8-4-7-31-36;1-3-23(37)33-8-10-34(11-9-33)27-21-12-17(2)24(20-5-4-18(29)13-22(20)30)26-25(21)36(28(38)32-27)14-19(15-39-26)35-7-6-31-16-35;1-3-22(37)33-8-10-34(11-9-33)26-20-12-16(2)23(19-5-4-17(28)13-21(19)29)25-24(20)35(27(38)31-26)14-18(15-39-25)36-7-6-30-32-36/h3-8,13-14,19H,1,9-12,15-16H2,2H3;3-7,12-13,16,19H,1,8-11,14-15H2,2H3;3-7,12-13,18H,1,8-11,14-15H2,2H3. The van der Waals surface area contributed by atoms with E-state index in [1.54, 1.807) is 76.0 Å². The predicted octanol–water partition coefficient (Wildman–Crippen LogP) is 11.5. The van der Waals surface area contributed by atoms with Crippen molar-refractivity contribution in [2.45, 2.75) is 73.2 Å². The molecular formula is C83H77F6N19O6S3. The number of aromatic nitrogens is 13. The molecular weight excluding hydrogens is 1570 g/mol. The zero-order chi connectivity index (χ0) is 81.8. The first-order valence-corrected chi connectivity index (χ1v) is 40.8. The average Bonchev–Trinajstić information content (AvgIpc) is 1.69. The van der Waals surface area contributed by atoms with Crippen LogP contribution in [0.15, 0.2) is 189 Å². The van der Waals surface area contributed by atoms with Crippen LogP contribution in [-0.4, -0.2) is 191 Å². The molecule has 0 N–H and O–H groups in total. The van der Waals surface area contributed by atoms with E-state index in [-0.39, 0.29) is 52.5 Å². The highest BCUT2D eigenvalue weighted by Crippen LogP contribution is 2.49. The summed E-state index contributed by atoms with van der Waals surface area (Å²) in [6.07, 6.45) is 16.1. The van der Waals surface area contributed by atoms with Crippen molar-refractivity contribution in [2.24, 2.45) is 0 Å². The molecule has 600 valence electrons. The van der Waals surface area contributed by atoms with Crippen molar-refractivity contribution in [2.75, 3.05) is 110 Å². The van der Waals surface area contributed by atoms with Crippen LogP contribution in [0.4, 0.5) is 43.8 Å². The molecule has 3 atom stereocenters. The van der Waals surface area contributed by atoms with E-state index >= 15 is 13.2 Å². The van der Waals surface area contributed by atoms with Crippen molar-refractivity contribution < 1.29 is 40.7 Å². The summed E-state index contributed by atoms with van der Waals surface area (Å²) in [5.74, 6) is -0.928. The topological polar surface area (TPSA) is 242 Å². The maximum absolute atomic E-state index is 15.1. The molecule has 3 unspecified atom stereocenters. The second-order valence-corrected chi connectivity index (χ2v) is 32.2. The lowest BCUT2D eigenvalue weighted by atomic mass is 9.97. The molecule has 117 heavy (non-hydrogen) atoms. The Balaban J connectivity index is 0.000000131. The average molecular weight is 1650 g/mol. The minimum absolute atomic E-state index is 0.0851. The van der Waals surface area contributed by atoms with Crippen LogP contribution in [0.3, 0.4) is 0 Å². The van der Waals surface area contributed by atoms with E-state index in [4.69, 9.17) is 0 Å². The number of halogens is 6. The summed E-state index contributed by atoms with van der Waals surface area (Å²) >= 11 is 4.60. The lowest BCUT2D eigenvalue weighted by Crippen LogP contribution is -2.49. The van der Waals surface area contributed by atoms with E-state index in [1.807, 2.05) is 81.4 Å². The van der Waals surface area contributed by atoms with Crippen LogP contribution >= 0.6 is 35.3 Å². The molecule has 34 heteroatoms. The van der Waals surface area contributed by atoms with Crippen LogP contribution in [-0.2, 0) is 34.0 Å². The van der Waals surface area contributed by atoms with Gasteiger partial charge in [0.1, 0.15) is 52.4 Å². The van der Waals surface area contributed by atoms with Gasteiger partial charge in [-0.1, -0.05) is 25.0 Å². The molecule has 0 saturated carbocycles. The third kappa shape index (κ3) is 15.2. The van der Waals surface area contributed by atoms with Gasteiger partial charge in [-0.2, -0.15) is 20.1 Å². The van der Waals surface area contributed by atoms with Gasteiger partial charge in [0.05, 0.1) is 60.3 Å². The van der Waals surface area contributed by atoms with Crippen molar-refractivity contribution in [3.8, 4) is 33.4 Å². The van der Waals surface area contributed by atoms with Crippen molar-refractivity contribution in [1.29, 1.82) is 0 Å². The van der Waals surface area contributed by atoms with Crippen molar-refractivity contribution >= 4 is 103 Å². The van der Waals surface area contributed by atoms with Crippen LogP contribution in [0.1, 0.15) is 34.8 Å². The van der Waals surface area contributed by atoms with Gasteiger partial charge in [-0.3, -0.25) is 32.8 Å². The van der Waals surface area contributed by atoms with Gasteiger partial charge >= 0.3 is 17.1 Å². The van der Waals surface area contributed by atoms with Gasteiger partial charge < -0.3 is 34.0 Å². The number of imidazole rings is 1. The maximum Gasteiger partial charge on any atom is 0.350 e. The fourth-order valence-electron chi connectivity index (χ4n) is 16.3. The Morgan fingerprint density at radius 1 is 0.436 bits per heavy atom. The molecule has 3 saturated heterocycles. The fraction of sp³-hybridized carbons (Fsp3) is 0.289. The van der Waals surface area contributed by atoms with E-state index < -0.39 is 52.0 Å². The number of thioether (sulfide) groups is 3. The highest BCUT2D eigenvalue weighted by molar-refractivity contribution is 8.00. The van der Waals surface area contributed by atoms with E-state index in [0.29, 0.717) is 166 Å². The fourth-order valence-corrected chi connectivity index (χ4v) is 20.5. The lowest BCUT2D eigenvalue weighted by molar-refractivity contribution is -0.127. The van der Waals surface area contributed by atoms with Gasteiger partial charge in [0, 0.05) is 216 Å². The first-order chi connectivity index (χ1) is 56.6. The molecule has 25 nitrogen and oxygen atoms in total. The number of piperazine rings is 3. The zero-order valence-electron chi connectivity index (χ0n) is 63.8. The molecule has 0 spiro atoms. The molecule has 6 aliphatic heterocycles. The quantitative estimate of drug-likeness (QED) is 0.0815. The van der Waals surface area contributed by atoms with Gasteiger partial charge in [-0.05, 0) is 116 Å². The number of benzene rings is 6. The molecule has 6 aliphatic rings. The molecule has 18 rings (SSSR count). The third-order valence-electron chi connectivity index (χ3n) is 22.1. The number of amides is 3. The molecule has 0 bridgehead atoms. The molecule has 0 aliphatic carbocycles. The second-order valence-electron chi connectivity index (χ2n) is 29.1. The van der Waals surface area contributed by atoms with Crippen molar-refractivity contribution in [3.63, 3.8) is 0 Å². The van der Waals surface area contributed by atoms with Crippen LogP contribution in [0.2, 0.25) is 0 Å². The zero-order valence-corrected chi connectivity index (χ0v) is 66.2. The minimum Gasteiger partial charge on any atom is -0.352 e. The molecule has 6 aromatic heterocycles. The predicted molar refractivity (Wildman–Crippen MR) is 439 cm³/mol. The lowest BCUT2D eigenvalue weighted by Gasteiger charge is -2.35. The Morgan fingerprint density at radius 3 is 1.11 bits per heavy atom. The second kappa shape index (κ2) is 32.9. The van der Waals surface area contributed by atoms with Crippen LogP contribution < -0.4 is 31.8 Å². The number of aryl methyl sites for hydroxylation is 3. The third-order valence-corrected chi connectivity index (χ3v) is 25.8. The van der Waals surface area contributed by atoms with Gasteiger partial charge in [-0.15, -0.1) is 40.4 Å². The Kier molecular flexibility index (Phi) is 22.2. The Morgan fingerprint density at radius 2 is 0.795 bits per heavy atom. The normalized spacial score (nSPS) is 17.4. The Bertz CT molecular complexity index is 5570. The molecule has 6 aromatic carbocycles.